The van der Waals surface area contributed by atoms with E-state index in [2.05, 4.69) is 65.1 Å². The normalized spacial score (nSPS) is 31.9. The number of aliphatic hydroxyl groups excluding tert-OH is 3. The highest BCUT2D eigenvalue weighted by Crippen LogP contribution is 2.40. The lowest BCUT2D eigenvalue weighted by atomic mass is 9.88. The second-order valence-corrected chi connectivity index (χ2v) is 17.0. The van der Waals surface area contributed by atoms with Crippen LogP contribution in [-0.2, 0) is 13.9 Å². The van der Waals surface area contributed by atoms with Crippen molar-refractivity contribution < 1.29 is 29.2 Å². The smallest absolute Gasteiger partial charge is 0.264 e. The van der Waals surface area contributed by atoms with Crippen LogP contribution in [0.15, 0.2) is 70.9 Å². The average Bonchev–Trinajstić information content (AvgIpc) is 3.03. The Hall–Kier alpha value is -2.96. The predicted octanol–water partition coefficient (Wildman–Crippen LogP) is 5.16. The molecule has 2 aliphatic heterocycles. The van der Waals surface area contributed by atoms with E-state index >= 15 is 0 Å². The summed E-state index contributed by atoms with van der Waals surface area (Å²) in [6, 6.07) is 19.3. The fraction of sp³-hybridized carbons (Fsp3) is 0.625. The van der Waals surface area contributed by atoms with Crippen LogP contribution in [0.5, 0.6) is 0 Å². The van der Waals surface area contributed by atoms with Crippen LogP contribution in [0.1, 0.15) is 61.3 Å². The van der Waals surface area contributed by atoms with Crippen molar-refractivity contribution in [2.24, 2.45) is 22.1 Å². The van der Waals surface area contributed by atoms with Crippen molar-refractivity contribution >= 4 is 18.7 Å². The highest BCUT2D eigenvalue weighted by molar-refractivity contribution is 6.99. The first-order valence-corrected chi connectivity index (χ1v) is 17.5. The molecule has 2 heterocycles. The molecule has 45 heavy (non-hydrogen) atoms. The van der Waals surface area contributed by atoms with Gasteiger partial charge in [0.05, 0.1) is 36.5 Å². The van der Waals surface area contributed by atoms with Gasteiger partial charge < -0.3 is 29.2 Å². The summed E-state index contributed by atoms with van der Waals surface area (Å²) in [6.07, 6.45) is -2.76. The van der Waals surface area contributed by atoms with Crippen molar-refractivity contribution in [3.8, 4) is 0 Å². The molecule has 0 amide bonds. The van der Waals surface area contributed by atoms with Gasteiger partial charge in [-0.05, 0) is 51.2 Å². The third-order valence-corrected chi connectivity index (χ3v) is 14.0. The molecule has 4 rings (SSSR count). The molecule has 0 bridgehead atoms. The molecule has 0 radical (unpaired) electrons. The number of rotatable bonds is 8. The lowest BCUT2D eigenvalue weighted by molar-refractivity contribution is -0.225. The van der Waals surface area contributed by atoms with Gasteiger partial charge in [-0.25, -0.2) is 0 Å². The van der Waals surface area contributed by atoms with Crippen molar-refractivity contribution in [1.29, 1.82) is 0 Å². The molecule has 0 aromatic heterocycles. The average molecular weight is 641 g/mol. The first-order valence-electron chi connectivity index (χ1n) is 15.6. The fourth-order valence-corrected chi connectivity index (χ4v) is 10.9. The van der Waals surface area contributed by atoms with Crippen molar-refractivity contribution in [2.45, 2.75) is 115 Å². The van der Waals surface area contributed by atoms with E-state index in [1.54, 1.807) is 6.92 Å². The van der Waals surface area contributed by atoms with Crippen LogP contribution < -0.4 is 10.4 Å². The zero-order valence-electron chi connectivity index (χ0n) is 27.2. The molecule has 2 saturated heterocycles. The van der Waals surface area contributed by atoms with E-state index in [0.29, 0.717) is 12.8 Å². The summed E-state index contributed by atoms with van der Waals surface area (Å²) in [6.45, 7) is 14.1. The molecule has 12 nitrogen and oxygen atoms in total. The Labute approximate surface area is 266 Å². The Kier molecular flexibility index (Phi) is 13.0. The molecule has 5 unspecified atom stereocenters. The van der Waals surface area contributed by atoms with Crippen LogP contribution in [0.2, 0.25) is 5.04 Å². The minimum absolute atomic E-state index is 0.235. The number of benzene rings is 2. The highest BCUT2D eigenvalue weighted by atomic mass is 28.4. The van der Waals surface area contributed by atoms with Crippen molar-refractivity contribution in [1.82, 2.24) is 0 Å². The minimum atomic E-state index is -2.89. The molecule has 0 saturated carbocycles. The number of nitrogens with zero attached hydrogens (tertiary/aromatic N) is 6. The molecular weight excluding hydrogens is 592 g/mol. The molecule has 2 fully saturated rings. The first-order chi connectivity index (χ1) is 21.4. The van der Waals surface area contributed by atoms with E-state index < -0.39 is 45.2 Å². The Morgan fingerprint density at radius 2 is 1.18 bits per heavy atom. The van der Waals surface area contributed by atoms with Crippen molar-refractivity contribution in [3.05, 3.63) is 81.5 Å². The Bertz CT molecular complexity index is 1260. The van der Waals surface area contributed by atoms with E-state index in [1.165, 1.54) is 0 Å². The summed E-state index contributed by atoms with van der Waals surface area (Å²) < 4.78 is 18.5. The molecule has 0 spiro atoms. The zero-order chi connectivity index (χ0) is 33.4. The zero-order valence-corrected chi connectivity index (χ0v) is 28.2. The summed E-state index contributed by atoms with van der Waals surface area (Å²) >= 11 is 0. The number of azide groups is 2. The predicted molar refractivity (Wildman–Crippen MR) is 175 cm³/mol. The maximum absolute atomic E-state index is 10.7. The number of aliphatic hydroxyl groups is 3. The van der Waals surface area contributed by atoms with Gasteiger partial charge in [-0.1, -0.05) is 119 Å². The Balaban J connectivity index is 0.000000330. The second-order valence-electron chi connectivity index (χ2n) is 12.8. The van der Waals surface area contributed by atoms with Gasteiger partial charge in [-0.2, -0.15) is 0 Å². The quantitative estimate of drug-likeness (QED) is 0.155. The van der Waals surface area contributed by atoms with Gasteiger partial charge in [0.15, 0.2) is 12.6 Å². The molecular formula is C32H48N6O6Si. The minimum Gasteiger partial charge on any atom is -0.390 e. The number of hydrogen-bond acceptors (Lipinski definition) is 8. The van der Waals surface area contributed by atoms with Crippen LogP contribution in [-0.4, -0.2) is 72.7 Å². The van der Waals surface area contributed by atoms with E-state index in [-0.39, 0.29) is 29.1 Å². The standard InChI is InChI=1S/C24H33N3O3Si.C8H15N3O3/c1-6-20-22(28)17(2)21(26-27-25)23(29-20)30-31(24(3,4)5,18-13-9-7-10-14-18)19-15-11-8-12-16-19;1-3-5-7(12)4(2)6(10-11-9)8(13)14-5/h7-17,20-23,28H,6H2,1-5H3;4-8,12-13H,3H2,1-2H3/t17-,20?,21?,22+,23+;4-,5?,6?,7+,8?/m11/s1. The summed E-state index contributed by atoms with van der Waals surface area (Å²) in [4.78, 5) is 5.67. The molecule has 246 valence electrons. The first kappa shape index (κ1) is 36.5. The Morgan fingerprint density at radius 1 is 0.756 bits per heavy atom. The molecule has 2 aromatic rings. The SMILES string of the molecule is CCC1OC(O)C(N=[N+]=[N-])[C@@H](C)[C@@H]1O.CCC1O[C@@H](O[Si](c2ccccc2)(c2ccccc2)C(C)(C)C)C(N=[N+]=[N-])[C@@H](C)[C@@H]1O. The fourth-order valence-electron chi connectivity index (χ4n) is 6.34. The maximum atomic E-state index is 10.7. The second kappa shape index (κ2) is 16.0. The summed E-state index contributed by atoms with van der Waals surface area (Å²) in [5.41, 5.74) is 17.5. The number of hydrogen-bond donors (Lipinski definition) is 3. The monoisotopic (exact) mass is 640 g/mol. The van der Waals surface area contributed by atoms with Gasteiger partial charge in [0.1, 0.15) is 0 Å². The lowest BCUT2D eigenvalue weighted by Gasteiger charge is -2.49. The summed E-state index contributed by atoms with van der Waals surface area (Å²) in [7, 11) is -2.89. The summed E-state index contributed by atoms with van der Waals surface area (Å²) in [5.74, 6) is -0.572. The van der Waals surface area contributed by atoms with E-state index in [4.69, 9.17) is 19.4 Å². The third-order valence-electron chi connectivity index (χ3n) is 9.00. The van der Waals surface area contributed by atoms with Crippen LogP contribution in [0.4, 0.5) is 0 Å². The van der Waals surface area contributed by atoms with Gasteiger partial charge in [0.2, 0.25) is 0 Å². The molecule has 2 aliphatic rings. The van der Waals surface area contributed by atoms with Gasteiger partial charge >= 0.3 is 0 Å². The topological polar surface area (TPSA) is 186 Å². The van der Waals surface area contributed by atoms with E-state index in [1.807, 2.05) is 57.2 Å². The van der Waals surface area contributed by atoms with Crippen molar-refractivity contribution in [3.63, 3.8) is 0 Å². The van der Waals surface area contributed by atoms with E-state index in [9.17, 15) is 20.9 Å². The van der Waals surface area contributed by atoms with Crippen molar-refractivity contribution in [2.75, 3.05) is 0 Å². The van der Waals surface area contributed by atoms with Crippen LogP contribution in [0.25, 0.3) is 20.9 Å². The van der Waals surface area contributed by atoms with Crippen LogP contribution >= 0.6 is 0 Å². The van der Waals surface area contributed by atoms with Crippen LogP contribution in [0.3, 0.4) is 0 Å². The molecule has 2 aromatic carbocycles. The number of ether oxygens (including phenoxy) is 2. The van der Waals surface area contributed by atoms with Crippen LogP contribution in [0, 0.1) is 11.8 Å². The molecule has 3 N–H and O–H groups in total. The lowest BCUT2D eigenvalue weighted by Crippen LogP contribution is -2.70. The molecule has 10 atom stereocenters. The Morgan fingerprint density at radius 3 is 1.60 bits per heavy atom. The molecule has 0 aliphatic carbocycles. The largest absolute Gasteiger partial charge is 0.390 e. The highest BCUT2D eigenvalue weighted by Gasteiger charge is 2.54. The molecule has 13 heteroatoms. The maximum Gasteiger partial charge on any atom is 0.264 e. The van der Waals surface area contributed by atoms with Gasteiger partial charge in [0, 0.05) is 9.82 Å². The van der Waals surface area contributed by atoms with Gasteiger partial charge in [-0.3, -0.25) is 0 Å². The van der Waals surface area contributed by atoms with Gasteiger partial charge in [0.25, 0.3) is 8.32 Å². The summed E-state index contributed by atoms with van der Waals surface area (Å²) in [5, 5.41) is 39.4. The third kappa shape index (κ3) is 7.89. The van der Waals surface area contributed by atoms with Gasteiger partial charge in [-0.15, -0.1) is 0 Å². The van der Waals surface area contributed by atoms with E-state index in [0.717, 1.165) is 10.4 Å².